The van der Waals surface area contributed by atoms with Crippen molar-refractivity contribution in [2.45, 2.75) is 24.4 Å². The Bertz CT molecular complexity index is 1120. The molecule has 1 aromatic carbocycles. The first-order valence-corrected chi connectivity index (χ1v) is 10.7. The van der Waals surface area contributed by atoms with Crippen LogP contribution < -0.4 is 20.1 Å². The molecule has 3 rings (SSSR count). The molecule has 174 valence electrons. The van der Waals surface area contributed by atoms with E-state index in [1.54, 1.807) is 0 Å². The number of carbonyl (C=O) groups is 1. The smallest absolute Gasteiger partial charge is 0.496 e. The molecule has 14 heteroatoms. The molecule has 2 heterocycles. The molecule has 1 aliphatic heterocycles. The third kappa shape index (κ3) is 4.46. The molecular formula is C18H19F4N5O4S. The van der Waals surface area contributed by atoms with Crippen LogP contribution in [0.5, 0.6) is 5.75 Å². The lowest BCUT2D eigenvalue weighted by Crippen LogP contribution is -2.51. The summed E-state index contributed by atoms with van der Waals surface area (Å²) >= 11 is 0. The molecule has 0 saturated carbocycles. The lowest BCUT2D eigenvalue weighted by Gasteiger charge is -2.34. The van der Waals surface area contributed by atoms with Gasteiger partial charge >= 0.3 is 15.5 Å². The average molecular weight is 477 g/mol. The van der Waals surface area contributed by atoms with Gasteiger partial charge in [0.05, 0.1) is 24.3 Å². The molecule has 0 aliphatic carbocycles. The van der Waals surface area contributed by atoms with E-state index in [9.17, 15) is 30.8 Å². The Morgan fingerprint density at radius 3 is 2.47 bits per heavy atom. The zero-order valence-corrected chi connectivity index (χ0v) is 17.5. The summed E-state index contributed by atoms with van der Waals surface area (Å²) in [5.74, 6) is -2.94. The molecule has 1 saturated heterocycles. The Balaban J connectivity index is 2.06. The number of nitrogens with two attached hydrogens (primary N) is 1. The first-order chi connectivity index (χ1) is 15.0. The van der Waals surface area contributed by atoms with Crippen LogP contribution in [-0.2, 0) is 10.0 Å². The van der Waals surface area contributed by atoms with E-state index in [0.29, 0.717) is 13.1 Å². The number of aromatic nitrogens is 2. The second-order valence-corrected chi connectivity index (χ2v) is 8.68. The average Bonchev–Trinajstić information content (AvgIpc) is 2.73. The van der Waals surface area contributed by atoms with Crippen molar-refractivity contribution in [1.29, 1.82) is 0 Å². The van der Waals surface area contributed by atoms with Crippen molar-refractivity contribution in [2.24, 2.45) is 0 Å². The quantitative estimate of drug-likeness (QED) is 0.477. The Morgan fingerprint density at radius 1 is 1.25 bits per heavy atom. The first-order valence-electron chi connectivity index (χ1n) is 9.29. The first kappa shape index (κ1) is 23.7. The number of alkyl halides is 3. The maximum atomic E-state index is 13.6. The summed E-state index contributed by atoms with van der Waals surface area (Å²) < 4.78 is 83.3. The van der Waals surface area contributed by atoms with Gasteiger partial charge in [-0.2, -0.15) is 26.6 Å². The van der Waals surface area contributed by atoms with E-state index in [0.717, 1.165) is 18.3 Å². The van der Waals surface area contributed by atoms with Crippen LogP contribution in [0.3, 0.4) is 0 Å². The van der Waals surface area contributed by atoms with E-state index >= 15 is 0 Å². The molecule has 0 atom stereocenters. The number of benzene rings is 1. The summed E-state index contributed by atoms with van der Waals surface area (Å²) in [7, 11) is -4.58. The number of nitrogen functional groups attached to an aromatic ring is 1. The highest BCUT2D eigenvalue weighted by atomic mass is 32.2. The maximum Gasteiger partial charge on any atom is 0.516 e. The van der Waals surface area contributed by atoms with Gasteiger partial charge in [0.25, 0.3) is 0 Å². The number of rotatable bonds is 6. The van der Waals surface area contributed by atoms with Gasteiger partial charge in [-0.15, -0.1) is 0 Å². The van der Waals surface area contributed by atoms with E-state index < -0.39 is 44.9 Å². The SMILES string of the molecule is COc1ccc(F)cc1C(=O)c1cnc(N(C2CCNCC2)S(=O)(=O)C(F)(F)F)nc1N. The molecule has 0 amide bonds. The van der Waals surface area contributed by atoms with E-state index in [1.165, 1.54) is 13.2 Å². The normalized spacial score (nSPS) is 15.4. The van der Waals surface area contributed by atoms with Gasteiger partial charge in [0, 0.05) is 6.20 Å². The highest BCUT2D eigenvalue weighted by molar-refractivity contribution is 7.93. The predicted molar refractivity (Wildman–Crippen MR) is 106 cm³/mol. The van der Waals surface area contributed by atoms with Crippen LogP contribution in [0, 0.1) is 5.82 Å². The summed E-state index contributed by atoms with van der Waals surface area (Å²) in [6.45, 7) is 0.583. The Labute approximate surface area is 180 Å². The number of nitrogens with zero attached hydrogens (tertiary/aromatic N) is 3. The van der Waals surface area contributed by atoms with Crippen molar-refractivity contribution in [3.05, 3.63) is 41.3 Å². The van der Waals surface area contributed by atoms with Gasteiger partial charge in [-0.25, -0.2) is 13.7 Å². The molecule has 3 N–H and O–H groups in total. The van der Waals surface area contributed by atoms with Crippen LogP contribution in [-0.4, -0.2) is 55.9 Å². The number of halogens is 4. The molecule has 32 heavy (non-hydrogen) atoms. The minimum Gasteiger partial charge on any atom is -0.496 e. The van der Waals surface area contributed by atoms with Gasteiger partial charge in [-0.1, -0.05) is 0 Å². The number of piperidine rings is 1. The van der Waals surface area contributed by atoms with Crippen LogP contribution in [0.4, 0.5) is 29.3 Å². The van der Waals surface area contributed by atoms with Crippen LogP contribution in [0.15, 0.2) is 24.4 Å². The van der Waals surface area contributed by atoms with Gasteiger partial charge in [0.2, 0.25) is 11.7 Å². The van der Waals surface area contributed by atoms with E-state index in [4.69, 9.17) is 10.5 Å². The highest BCUT2D eigenvalue weighted by Gasteiger charge is 2.53. The van der Waals surface area contributed by atoms with Crippen molar-refractivity contribution in [1.82, 2.24) is 15.3 Å². The van der Waals surface area contributed by atoms with Crippen molar-refractivity contribution in [2.75, 3.05) is 30.2 Å². The van der Waals surface area contributed by atoms with E-state index in [-0.39, 0.29) is 34.0 Å². The largest absolute Gasteiger partial charge is 0.516 e. The number of anilines is 2. The molecule has 0 spiro atoms. The molecule has 9 nitrogen and oxygen atoms in total. The zero-order valence-electron chi connectivity index (χ0n) is 16.7. The second-order valence-electron chi connectivity index (χ2n) is 6.87. The van der Waals surface area contributed by atoms with Crippen molar-refractivity contribution >= 4 is 27.6 Å². The van der Waals surface area contributed by atoms with Gasteiger partial charge in [0.15, 0.2) is 0 Å². The number of methoxy groups -OCH3 is 1. The molecule has 1 aromatic heterocycles. The molecule has 1 fully saturated rings. The Kier molecular flexibility index (Phi) is 6.55. The van der Waals surface area contributed by atoms with Crippen LogP contribution in [0.25, 0.3) is 0 Å². The van der Waals surface area contributed by atoms with Gasteiger partial charge < -0.3 is 15.8 Å². The lowest BCUT2D eigenvalue weighted by molar-refractivity contribution is -0.0441. The van der Waals surface area contributed by atoms with Gasteiger partial charge in [-0.3, -0.25) is 4.79 Å². The molecule has 0 radical (unpaired) electrons. The third-order valence-electron chi connectivity index (χ3n) is 4.85. The van der Waals surface area contributed by atoms with Crippen LogP contribution in [0.1, 0.15) is 28.8 Å². The minimum atomic E-state index is -5.84. The fourth-order valence-corrected chi connectivity index (χ4v) is 4.42. The molecule has 0 unspecified atom stereocenters. The molecule has 2 aromatic rings. The summed E-state index contributed by atoms with van der Waals surface area (Å²) in [6, 6.07) is 2.11. The molecule has 0 bridgehead atoms. The Hall–Kier alpha value is -3.00. The highest BCUT2D eigenvalue weighted by Crippen LogP contribution is 2.34. The topological polar surface area (TPSA) is 128 Å². The van der Waals surface area contributed by atoms with Gasteiger partial charge in [-0.05, 0) is 44.1 Å². The molecule has 1 aliphatic rings. The summed E-state index contributed by atoms with van der Waals surface area (Å²) in [5.41, 5.74) is -0.379. The Morgan fingerprint density at radius 2 is 1.91 bits per heavy atom. The number of hydrogen-bond donors (Lipinski definition) is 2. The van der Waals surface area contributed by atoms with E-state index in [1.807, 2.05) is 0 Å². The fourth-order valence-electron chi connectivity index (χ4n) is 3.29. The number of ether oxygens (including phenoxy) is 1. The predicted octanol–water partition coefficient (Wildman–Crippen LogP) is 1.85. The van der Waals surface area contributed by atoms with Crippen molar-refractivity contribution in [3.63, 3.8) is 0 Å². The summed E-state index contributed by atoms with van der Waals surface area (Å²) in [4.78, 5) is 20.2. The summed E-state index contributed by atoms with van der Waals surface area (Å²) in [6.07, 6.45) is 0.976. The van der Waals surface area contributed by atoms with Crippen molar-refractivity contribution in [3.8, 4) is 5.75 Å². The number of ketones is 1. The number of carbonyl (C=O) groups excluding carboxylic acids is 1. The maximum absolute atomic E-state index is 13.6. The second kappa shape index (κ2) is 8.86. The number of sulfonamides is 1. The van der Waals surface area contributed by atoms with Gasteiger partial charge in [0.1, 0.15) is 17.4 Å². The van der Waals surface area contributed by atoms with Crippen molar-refractivity contribution < 1.29 is 35.5 Å². The van der Waals surface area contributed by atoms with Crippen LogP contribution in [0.2, 0.25) is 0 Å². The zero-order chi connectivity index (χ0) is 23.7. The monoisotopic (exact) mass is 477 g/mol. The number of nitrogens with one attached hydrogen (secondary N) is 1. The van der Waals surface area contributed by atoms with E-state index in [2.05, 4.69) is 15.3 Å². The van der Waals surface area contributed by atoms with Crippen LogP contribution >= 0.6 is 0 Å². The fraction of sp³-hybridized carbons (Fsp3) is 0.389. The molecular weight excluding hydrogens is 458 g/mol. The lowest BCUT2D eigenvalue weighted by atomic mass is 10.0. The number of hydrogen-bond acceptors (Lipinski definition) is 8. The summed E-state index contributed by atoms with van der Waals surface area (Å²) in [5, 5.41) is 2.92. The standard InChI is InChI=1S/C18H19F4N5O4S/c1-31-14-3-2-10(19)8-12(14)15(28)13-9-25-17(26-16(13)23)27(11-4-6-24-7-5-11)32(29,30)18(20,21)22/h2-3,8-9,11,24H,4-7H2,1H3,(H2,23,25,26). The third-order valence-corrected chi connectivity index (χ3v) is 6.41. The minimum absolute atomic E-state index is 0.0239.